The summed E-state index contributed by atoms with van der Waals surface area (Å²) in [7, 11) is 3.30. The fourth-order valence-corrected chi connectivity index (χ4v) is 1.61. The lowest BCUT2D eigenvalue weighted by Gasteiger charge is -2.17. The van der Waals surface area contributed by atoms with E-state index in [-0.39, 0.29) is 0 Å². The number of rotatable bonds is 6. The van der Waals surface area contributed by atoms with Gasteiger partial charge in [0.25, 0.3) is 0 Å². The van der Waals surface area contributed by atoms with Crippen LogP contribution in [-0.2, 0) is 11.2 Å². The molecule has 3 N–H and O–H groups in total. The predicted octanol–water partition coefficient (Wildman–Crippen LogP) is 0.848. The molecule has 1 unspecified atom stereocenters. The average Bonchev–Trinajstić information content (AvgIpc) is 2.34. The van der Waals surface area contributed by atoms with Crippen LogP contribution in [0, 0.1) is 0 Å². The molecule has 0 aliphatic rings. The molecule has 6 heteroatoms. The van der Waals surface area contributed by atoms with E-state index in [1.54, 1.807) is 14.1 Å². The van der Waals surface area contributed by atoms with Gasteiger partial charge in [-0.25, -0.2) is 14.6 Å². The first-order valence-corrected chi connectivity index (χ1v) is 6.00. The van der Waals surface area contributed by atoms with E-state index < -0.39 is 18.0 Å². The average molecular weight is 265 g/mol. The SMILES string of the molecule is CN(C)NC(=O)NC(CCc1ccccc1)C(=O)O. The van der Waals surface area contributed by atoms with Gasteiger partial charge in [-0.2, -0.15) is 0 Å². The maximum absolute atomic E-state index is 11.5. The largest absolute Gasteiger partial charge is 0.480 e. The summed E-state index contributed by atoms with van der Waals surface area (Å²) < 4.78 is 0. The number of carboxylic acid groups (broad SMARTS) is 1. The number of aryl methyl sites for hydroxylation is 1. The predicted molar refractivity (Wildman–Crippen MR) is 71.5 cm³/mol. The number of aliphatic carboxylic acids is 1. The van der Waals surface area contributed by atoms with Gasteiger partial charge in [-0.3, -0.25) is 5.43 Å². The van der Waals surface area contributed by atoms with E-state index in [0.29, 0.717) is 12.8 Å². The zero-order valence-electron chi connectivity index (χ0n) is 11.1. The molecule has 0 aliphatic heterocycles. The molecule has 0 saturated heterocycles. The molecular formula is C13H19N3O3. The highest BCUT2D eigenvalue weighted by atomic mass is 16.4. The van der Waals surface area contributed by atoms with Crippen molar-refractivity contribution in [1.82, 2.24) is 15.8 Å². The van der Waals surface area contributed by atoms with Crippen molar-refractivity contribution in [2.45, 2.75) is 18.9 Å². The first kappa shape index (κ1) is 15.0. The molecular weight excluding hydrogens is 246 g/mol. The summed E-state index contributed by atoms with van der Waals surface area (Å²) in [5.74, 6) is -1.04. The van der Waals surface area contributed by atoms with Crippen molar-refractivity contribution in [3.8, 4) is 0 Å². The highest BCUT2D eigenvalue weighted by Crippen LogP contribution is 2.05. The number of urea groups is 1. The standard InChI is InChI=1S/C13H19N3O3/c1-16(2)15-13(19)14-11(12(17)18)9-8-10-6-4-3-5-7-10/h3-7,11H,8-9H2,1-2H3,(H,17,18)(H2,14,15,19). The van der Waals surface area contributed by atoms with E-state index in [2.05, 4.69) is 10.7 Å². The summed E-state index contributed by atoms with van der Waals surface area (Å²) in [5.41, 5.74) is 3.49. The second-order valence-electron chi connectivity index (χ2n) is 4.39. The van der Waals surface area contributed by atoms with Crippen molar-refractivity contribution in [1.29, 1.82) is 0 Å². The van der Waals surface area contributed by atoms with Gasteiger partial charge < -0.3 is 10.4 Å². The Morgan fingerprint density at radius 3 is 2.42 bits per heavy atom. The zero-order chi connectivity index (χ0) is 14.3. The van der Waals surface area contributed by atoms with Crippen molar-refractivity contribution >= 4 is 12.0 Å². The second kappa shape index (κ2) is 7.38. The van der Waals surface area contributed by atoms with Gasteiger partial charge in [0.1, 0.15) is 6.04 Å². The lowest BCUT2D eigenvalue weighted by atomic mass is 10.1. The van der Waals surface area contributed by atoms with Crippen LogP contribution in [0.2, 0.25) is 0 Å². The Bertz CT molecular complexity index is 420. The number of nitrogens with one attached hydrogen (secondary N) is 2. The number of carboxylic acids is 1. The molecule has 1 aromatic rings. The topological polar surface area (TPSA) is 81.7 Å². The molecule has 2 amide bonds. The molecule has 0 heterocycles. The summed E-state index contributed by atoms with van der Waals surface area (Å²) in [6, 6.07) is 8.14. The summed E-state index contributed by atoms with van der Waals surface area (Å²) in [6.45, 7) is 0. The van der Waals surface area contributed by atoms with Gasteiger partial charge in [0.2, 0.25) is 0 Å². The maximum atomic E-state index is 11.5. The summed E-state index contributed by atoms with van der Waals surface area (Å²) >= 11 is 0. The number of hydrogen-bond acceptors (Lipinski definition) is 3. The van der Waals surface area contributed by atoms with Crippen LogP contribution in [0.5, 0.6) is 0 Å². The Morgan fingerprint density at radius 2 is 1.89 bits per heavy atom. The summed E-state index contributed by atoms with van der Waals surface area (Å²) in [5, 5.41) is 13.0. The van der Waals surface area contributed by atoms with Gasteiger partial charge in [-0.1, -0.05) is 30.3 Å². The van der Waals surface area contributed by atoms with Crippen molar-refractivity contribution in [2.24, 2.45) is 0 Å². The normalized spacial score (nSPS) is 11.9. The molecule has 0 aliphatic carbocycles. The van der Waals surface area contributed by atoms with E-state index in [0.717, 1.165) is 5.56 Å². The van der Waals surface area contributed by atoms with E-state index in [1.807, 2.05) is 30.3 Å². The van der Waals surface area contributed by atoms with Crippen molar-refractivity contribution in [3.05, 3.63) is 35.9 Å². The monoisotopic (exact) mass is 265 g/mol. The molecule has 0 spiro atoms. The third-order valence-electron chi connectivity index (χ3n) is 2.49. The van der Waals surface area contributed by atoms with E-state index in [9.17, 15) is 9.59 Å². The molecule has 1 aromatic carbocycles. The molecule has 6 nitrogen and oxygen atoms in total. The fourth-order valence-electron chi connectivity index (χ4n) is 1.61. The zero-order valence-corrected chi connectivity index (χ0v) is 11.1. The lowest BCUT2D eigenvalue weighted by Crippen LogP contribution is -2.49. The molecule has 104 valence electrons. The van der Waals surface area contributed by atoms with Gasteiger partial charge in [-0.05, 0) is 18.4 Å². The fraction of sp³-hybridized carbons (Fsp3) is 0.385. The van der Waals surface area contributed by atoms with E-state index in [1.165, 1.54) is 5.01 Å². The number of nitrogens with zero attached hydrogens (tertiary/aromatic N) is 1. The van der Waals surface area contributed by atoms with Gasteiger partial charge in [0.05, 0.1) is 0 Å². The minimum Gasteiger partial charge on any atom is -0.480 e. The molecule has 0 radical (unpaired) electrons. The van der Waals surface area contributed by atoms with Crippen LogP contribution in [0.25, 0.3) is 0 Å². The molecule has 0 bridgehead atoms. The van der Waals surface area contributed by atoms with Gasteiger partial charge in [0.15, 0.2) is 0 Å². The number of carbonyl (C=O) groups is 2. The van der Waals surface area contributed by atoms with Crippen LogP contribution >= 0.6 is 0 Å². The van der Waals surface area contributed by atoms with Crippen molar-refractivity contribution in [2.75, 3.05) is 14.1 Å². The van der Waals surface area contributed by atoms with Crippen LogP contribution in [0.15, 0.2) is 30.3 Å². The van der Waals surface area contributed by atoms with Crippen LogP contribution in [0.4, 0.5) is 4.79 Å². The van der Waals surface area contributed by atoms with Gasteiger partial charge in [0, 0.05) is 14.1 Å². The Morgan fingerprint density at radius 1 is 1.26 bits per heavy atom. The van der Waals surface area contributed by atoms with Crippen LogP contribution in [0.1, 0.15) is 12.0 Å². The van der Waals surface area contributed by atoms with Crippen LogP contribution in [-0.4, -0.2) is 42.3 Å². The first-order valence-electron chi connectivity index (χ1n) is 6.00. The summed E-state index contributed by atoms with van der Waals surface area (Å²) in [4.78, 5) is 22.5. The van der Waals surface area contributed by atoms with Gasteiger partial charge >= 0.3 is 12.0 Å². The minimum absolute atomic E-state index is 0.347. The van der Waals surface area contributed by atoms with Gasteiger partial charge in [-0.15, -0.1) is 0 Å². The molecule has 0 saturated carbocycles. The first-order chi connectivity index (χ1) is 8.99. The second-order valence-corrected chi connectivity index (χ2v) is 4.39. The molecule has 19 heavy (non-hydrogen) atoms. The Hall–Kier alpha value is -2.08. The number of benzene rings is 1. The maximum Gasteiger partial charge on any atom is 0.330 e. The lowest BCUT2D eigenvalue weighted by molar-refractivity contribution is -0.139. The number of hydrazine groups is 1. The molecule has 1 atom stereocenters. The molecule has 0 aromatic heterocycles. The Labute approximate surface area is 112 Å². The number of carbonyl (C=O) groups excluding carboxylic acids is 1. The molecule has 1 rings (SSSR count). The van der Waals surface area contributed by atoms with E-state index in [4.69, 9.17) is 5.11 Å². The Balaban J connectivity index is 2.49. The Kier molecular flexibility index (Phi) is 5.81. The minimum atomic E-state index is -1.04. The van der Waals surface area contributed by atoms with Crippen LogP contribution < -0.4 is 10.7 Å². The van der Waals surface area contributed by atoms with E-state index >= 15 is 0 Å². The quantitative estimate of drug-likeness (QED) is 0.666. The highest BCUT2D eigenvalue weighted by molar-refractivity contribution is 5.82. The highest BCUT2D eigenvalue weighted by Gasteiger charge is 2.19. The third-order valence-corrected chi connectivity index (χ3v) is 2.49. The molecule has 0 fully saturated rings. The summed E-state index contributed by atoms with van der Waals surface area (Å²) in [6.07, 6.45) is 0.945. The van der Waals surface area contributed by atoms with Crippen molar-refractivity contribution in [3.63, 3.8) is 0 Å². The third kappa shape index (κ3) is 5.87. The smallest absolute Gasteiger partial charge is 0.330 e. The number of amides is 2. The van der Waals surface area contributed by atoms with Crippen LogP contribution in [0.3, 0.4) is 0 Å². The van der Waals surface area contributed by atoms with Crippen molar-refractivity contribution < 1.29 is 14.7 Å². The number of hydrogen-bond donors (Lipinski definition) is 3.